The molecule has 5 nitrogen and oxygen atoms in total. The van der Waals surface area contributed by atoms with Gasteiger partial charge in [0.2, 0.25) is 17.7 Å². The zero-order chi connectivity index (χ0) is 16.9. The van der Waals surface area contributed by atoms with Gasteiger partial charge in [0.05, 0.1) is 10.6 Å². The number of nitrogens with zero attached hydrogens (tertiary/aromatic N) is 2. The minimum Gasteiger partial charge on any atom is -0.421 e. The second-order valence-corrected chi connectivity index (χ2v) is 5.80. The fourth-order valence-electron chi connectivity index (χ4n) is 2.18. The Morgan fingerprint density at radius 1 is 1.12 bits per heavy atom. The van der Waals surface area contributed by atoms with Crippen molar-refractivity contribution in [3.05, 3.63) is 65.0 Å². The van der Waals surface area contributed by atoms with Gasteiger partial charge in [0.15, 0.2) is 0 Å². The standard InChI is InChI=1S/C18H16ClN3O2/c1-12-6-8-13(9-7-12)20-16(23)10-11-17-21-22-18(24-17)14-4-2-3-5-15(14)19/h2-9H,10-11H2,1H3,(H,20,23). The molecule has 1 N–H and O–H groups in total. The van der Waals surface area contributed by atoms with Crippen molar-refractivity contribution in [1.29, 1.82) is 0 Å². The second kappa shape index (κ2) is 7.27. The molecule has 0 unspecified atom stereocenters. The van der Waals surface area contributed by atoms with E-state index in [2.05, 4.69) is 15.5 Å². The molecule has 0 saturated heterocycles. The zero-order valence-corrected chi connectivity index (χ0v) is 13.9. The highest BCUT2D eigenvalue weighted by Crippen LogP contribution is 2.26. The summed E-state index contributed by atoms with van der Waals surface area (Å²) in [4.78, 5) is 12.0. The first kappa shape index (κ1) is 16.2. The molecule has 24 heavy (non-hydrogen) atoms. The first-order valence-electron chi connectivity index (χ1n) is 7.55. The van der Waals surface area contributed by atoms with Gasteiger partial charge in [-0.25, -0.2) is 0 Å². The van der Waals surface area contributed by atoms with Gasteiger partial charge in [-0.1, -0.05) is 41.4 Å². The van der Waals surface area contributed by atoms with E-state index in [0.29, 0.717) is 28.8 Å². The second-order valence-electron chi connectivity index (χ2n) is 5.40. The lowest BCUT2D eigenvalue weighted by Gasteiger charge is -2.04. The summed E-state index contributed by atoms with van der Waals surface area (Å²) in [6, 6.07) is 14.9. The number of rotatable bonds is 5. The number of carbonyl (C=O) groups excluding carboxylic acids is 1. The molecule has 122 valence electrons. The molecule has 1 amide bonds. The van der Waals surface area contributed by atoms with E-state index >= 15 is 0 Å². The SMILES string of the molecule is Cc1ccc(NC(=O)CCc2nnc(-c3ccccc3Cl)o2)cc1. The van der Waals surface area contributed by atoms with Crippen LogP contribution in [-0.2, 0) is 11.2 Å². The number of nitrogens with one attached hydrogen (secondary N) is 1. The molecule has 0 fully saturated rings. The molecular weight excluding hydrogens is 326 g/mol. The fraction of sp³-hybridized carbons (Fsp3) is 0.167. The van der Waals surface area contributed by atoms with Crippen LogP contribution in [0.5, 0.6) is 0 Å². The van der Waals surface area contributed by atoms with Crippen LogP contribution in [0.25, 0.3) is 11.5 Å². The quantitative estimate of drug-likeness (QED) is 0.752. The van der Waals surface area contributed by atoms with Gasteiger partial charge in [0.1, 0.15) is 0 Å². The minimum atomic E-state index is -0.101. The Morgan fingerprint density at radius 3 is 2.62 bits per heavy atom. The summed E-state index contributed by atoms with van der Waals surface area (Å²) >= 11 is 6.11. The topological polar surface area (TPSA) is 68.0 Å². The zero-order valence-electron chi connectivity index (χ0n) is 13.1. The number of halogens is 1. The van der Waals surface area contributed by atoms with Crippen molar-refractivity contribution in [1.82, 2.24) is 10.2 Å². The Balaban J connectivity index is 1.58. The number of amides is 1. The molecule has 0 atom stereocenters. The molecule has 0 aliphatic heterocycles. The van der Waals surface area contributed by atoms with E-state index in [-0.39, 0.29) is 12.3 Å². The van der Waals surface area contributed by atoms with Crippen LogP contribution in [0.15, 0.2) is 52.9 Å². The molecule has 6 heteroatoms. The number of carbonyl (C=O) groups is 1. The molecule has 0 saturated carbocycles. The van der Waals surface area contributed by atoms with Gasteiger partial charge in [-0.05, 0) is 31.2 Å². The Labute approximate surface area is 144 Å². The van der Waals surface area contributed by atoms with Crippen molar-refractivity contribution in [3.8, 4) is 11.5 Å². The van der Waals surface area contributed by atoms with Gasteiger partial charge in [-0.3, -0.25) is 4.79 Å². The van der Waals surface area contributed by atoms with Crippen molar-refractivity contribution in [2.45, 2.75) is 19.8 Å². The third-order valence-electron chi connectivity index (χ3n) is 3.47. The summed E-state index contributed by atoms with van der Waals surface area (Å²) in [6.07, 6.45) is 0.632. The molecule has 0 spiro atoms. The number of hydrogen-bond donors (Lipinski definition) is 1. The maximum absolute atomic E-state index is 12.0. The summed E-state index contributed by atoms with van der Waals surface area (Å²) in [5, 5.41) is 11.3. The lowest BCUT2D eigenvalue weighted by atomic mass is 10.2. The fourth-order valence-corrected chi connectivity index (χ4v) is 2.40. The van der Waals surface area contributed by atoms with Crippen molar-refractivity contribution >= 4 is 23.2 Å². The highest BCUT2D eigenvalue weighted by Gasteiger charge is 2.12. The van der Waals surface area contributed by atoms with E-state index in [1.807, 2.05) is 49.4 Å². The van der Waals surface area contributed by atoms with Gasteiger partial charge >= 0.3 is 0 Å². The van der Waals surface area contributed by atoms with Crippen LogP contribution in [-0.4, -0.2) is 16.1 Å². The molecule has 2 aromatic carbocycles. The highest BCUT2D eigenvalue weighted by atomic mass is 35.5. The monoisotopic (exact) mass is 341 g/mol. The summed E-state index contributed by atoms with van der Waals surface area (Å²) in [7, 11) is 0. The predicted molar refractivity (Wildman–Crippen MR) is 92.9 cm³/mol. The maximum Gasteiger partial charge on any atom is 0.249 e. The van der Waals surface area contributed by atoms with Gasteiger partial charge in [0, 0.05) is 18.5 Å². The van der Waals surface area contributed by atoms with Crippen LogP contribution < -0.4 is 5.32 Å². The number of anilines is 1. The van der Waals surface area contributed by atoms with E-state index in [1.165, 1.54) is 0 Å². The molecule has 1 heterocycles. The smallest absolute Gasteiger partial charge is 0.249 e. The van der Waals surface area contributed by atoms with Gasteiger partial charge < -0.3 is 9.73 Å². The predicted octanol–water partition coefficient (Wildman–Crippen LogP) is 4.27. The van der Waals surface area contributed by atoms with Crippen LogP contribution in [0, 0.1) is 6.92 Å². The van der Waals surface area contributed by atoms with E-state index in [1.54, 1.807) is 6.07 Å². The van der Waals surface area contributed by atoms with Crippen LogP contribution in [0.3, 0.4) is 0 Å². The normalized spacial score (nSPS) is 10.6. The lowest BCUT2D eigenvalue weighted by Crippen LogP contribution is -2.12. The van der Waals surface area contributed by atoms with E-state index in [0.717, 1.165) is 11.3 Å². The number of aromatic nitrogens is 2. The van der Waals surface area contributed by atoms with Crippen molar-refractivity contribution in [2.75, 3.05) is 5.32 Å². The Kier molecular flexibility index (Phi) is 4.91. The van der Waals surface area contributed by atoms with Crippen LogP contribution >= 0.6 is 11.6 Å². The third kappa shape index (κ3) is 4.00. The van der Waals surface area contributed by atoms with Crippen LogP contribution in [0.4, 0.5) is 5.69 Å². The van der Waals surface area contributed by atoms with E-state index < -0.39 is 0 Å². The van der Waals surface area contributed by atoms with Crippen LogP contribution in [0.1, 0.15) is 17.9 Å². The van der Waals surface area contributed by atoms with Crippen molar-refractivity contribution in [2.24, 2.45) is 0 Å². The Bertz CT molecular complexity index is 843. The third-order valence-corrected chi connectivity index (χ3v) is 3.80. The first-order chi connectivity index (χ1) is 11.6. The molecule has 0 radical (unpaired) electrons. The van der Waals surface area contributed by atoms with Gasteiger partial charge in [-0.15, -0.1) is 10.2 Å². The van der Waals surface area contributed by atoms with E-state index in [9.17, 15) is 4.79 Å². The van der Waals surface area contributed by atoms with Gasteiger partial charge in [-0.2, -0.15) is 0 Å². The van der Waals surface area contributed by atoms with Crippen molar-refractivity contribution < 1.29 is 9.21 Å². The summed E-state index contributed by atoms with van der Waals surface area (Å²) in [5.41, 5.74) is 2.60. The average Bonchev–Trinajstić information content (AvgIpc) is 3.04. The largest absolute Gasteiger partial charge is 0.421 e. The lowest BCUT2D eigenvalue weighted by molar-refractivity contribution is -0.116. The molecule has 0 aliphatic rings. The minimum absolute atomic E-state index is 0.101. The summed E-state index contributed by atoms with van der Waals surface area (Å²) in [5.74, 6) is 0.662. The molecule has 3 aromatic rings. The molecule has 0 aliphatic carbocycles. The number of benzene rings is 2. The molecule has 3 rings (SSSR count). The summed E-state index contributed by atoms with van der Waals surface area (Å²) in [6.45, 7) is 2.00. The molecular formula is C18H16ClN3O2. The highest BCUT2D eigenvalue weighted by molar-refractivity contribution is 6.33. The Hall–Kier alpha value is -2.66. The number of hydrogen-bond acceptors (Lipinski definition) is 4. The van der Waals surface area contributed by atoms with Gasteiger partial charge in [0.25, 0.3) is 0 Å². The average molecular weight is 342 g/mol. The first-order valence-corrected chi connectivity index (χ1v) is 7.93. The van der Waals surface area contributed by atoms with Crippen molar-refractivity contribution in [3.63, 3.8) is 0 Å². The Morgan fingerprint density at radius 2 is 1.88 bits per heavy atom. The number of aryl methyl sites for hydroxylation is 2. The van der Waals surface area contributed by atoms with E-state index in [4.69, 9.17) is 16.0 Å². The molecule has 0 bridgehead atoms. The molecule has 1 aromatic heterocycles. The maximum atomic E-state index is 12.0. The van der Waals surface area contributed by atoms with Crippen LogP contribution in [0.2, 0.25) is 5.02 Å². The summed E-state index contributed by atoms with van der Waals surface area (Å²) < 4.78 is 5.58.